The van der Waals surface area contributed by atoms with E-state index in [0.29, 0.717) is 17.1 Å². The Hall–Kier alpha value is -2.61. The lowest BCUT2D eigenvalue weighted by Crippen LogP contribution is -2.10. The zero-order chi connectivity index (χ0) is 12.3. The predicted molar refractivity (Wildman–Crippen MR) is 60.4 cm³/mol. The number of oxazole rings is 1. The summed E-state index contributed by atoms with van der Waals surface area (Å²) in [5.41, 5.74) is 1.03. The standard InChI is InChI=1S/C12H9N3O2/c1-8-14-7-11(17-8)12(16)15-10-4-2-3-9(5-10)6-13/h2-5,7H,1H3,(H,15,16). The third-order valence-corrected chi connectivity index (χ3v) is 2.09. The van der Waals surface area contributed by atoms with Gasteiger partial charge in [-0.3, -0.25) is 4.79 Å². The first-order chi connectivity index (χ1) is 8.19. The van der Waals surface area contributed by atoms with E-state index in [1.807, 2.05) is 6.07 Å². The van der Waals surface area contributed by atoms with Gasteiger partial charge in [-0.15, -0.1) is 0 Å². The third-order valence-electron chi connectivity index (χ3n) is 2.09. The van der Waals surface area contributed by atoms with Crippen molar-refractivity contribution in [2.45, 2.75) is 6.92 Å². The highest BCUT2D eigenvalue weighted by molar-refractivity contribution is 6.02. The zero-order valence-corrected chi connectivity index (χ0v) is 9.10. The SMILES string of the molecule is Cc1ncc(C(=O)Nc2cccc(C#N)c2)o1. The molecule has 0 bridgehead atoms. The van der Waals surface area contributed by atoms with Crippen LogP contribution in [-0.4, -0.2) is 10.9 Å². The number of hydrogen-bond acceptors (Lipinski definition) is 4. The Kier molecular flexibility index (Phi) is 2.88. The van der Waals surface area contributed by atoms with Gasteiger partial charge < -0.3 is 9.73 Å². The molecule has 5 heteroatoms. The van der Waals surface area contributed by atoms with Crippen molar-refractivity contribution in [2.24, 2.45) is 0 Å². The molecule has 0 radical (unpaired) electrons. The van der Waals surface area contributed by atoms with Crippen LogP contribution in [0.1, 0.15) is 22.0 Å². The number of nitrogens with one attached hydrogen (secondary N) is 1. The van der Waals surface area contributed by atoms with Crippen molar-refractivity contribution in [1.29, 1.82) is 5.26 Å². The van der Waals surface area contributed by atoms with Gasteiger partial charge in [0.25, 0.3) is 5.91 Å². The quantitative estimate of drug-likeness (QED) is 0.852. The topological polar surface area (TPSA) is 78.9 Å². The number of nitrogens with zero attached hydrogens (tertiary/aromatic N) is 2. The Balaban J connectivity index is 2.16. The van der Waals surface area contributed by atoms with Gasteiger partial charge in [0.2, 0.25) is 5.76 Å². The number of hydrogen-bond donors (Lipinski definition) is 1. The van der Waals surface area contributed by atoms with Crippen molar-refractivity contribution in [2.75, 3.05) is 5.32 Å². The Bertz CT molecular complexity index is 596. The van der Waals surface area contributed by atoms with Gasteiger partial charge in [0.1, 0.15) is 0 Å². The van der Waals surface area contributed by atoms with Crippen LogP contribution in [-0.2, 0) is 0 Å². The Morgan fingerprint density at radius 2 is 2.35 bits per heavy atom. The van der Waals surface area contributed by atoms with Gasteiger partial charge in [0, 0.05) is 12.6 Å². The molecule has 1 aromatic heterocycles. The smallest absolute Gasteiger partial charge is 0.293 e. The molecule has 1 N–H and O–H groups in total. The molecule has 0 saturated heterocycles. The second-order valence-electron chi connectivity index (χ2n) is 3.39. The lowest BCUT2D eigenvalue weighted by Gasteiger charge is -2.02. The molecule has 1 amide bonds. The van der Waals surface area contributed by atoms with Gasteiger partial charge in [-0.05, 0) is 18.2 Å². The van der Waals surface area contributed by atoms with E-state index in [4.69, 9.17) is 9.68 Å². The summed E-state index contributed by atoms with van der Waals surface area (Å²) in [6.07, 6.45) is 1.36. The molecular weight excluding hydrogens is 218 g/mol. The van der Waals surface area contributed by atoms with Crippen molar-refractivity contribution in [3.8, 4) is 6.07 Å². The molecule has 0 saturated carbocycles. The van der Waals surface area contributed by atoms with Crippen molar-refractivity contribution < 1.29 is 9.21 Å². The minimum atomic E-state index is -0.388. The number of nitriles is 1. The first-order valence-corrected chi connectivity index (χ1v) is 4.93. The number of aryl methyl sites for hydroxylation is 1. The fraction of sp³-hybridized carbons (Fsp3) is 0.0833. The van der Waals surface area contributed by atoms with Crippen LogP contribution in [0.2, 0.25) is 0 Å². The molecule has 0 aliphatic rings. The van der Waals surface area contributed by atoms with E-state index in [9.17, 15) is 4.79 Å². The zero-order valence-electron chi connectivity index (χ0n) is 9.10. The third kappa shape index (κ3) is 2.49. The summed E-state index contributed by atoms with van der Waals surface area (Å²) in [6.45, 7) is 1.66. The summed E-state index contributed by atoms with van der Waals surface area (Å²) in [6, 6.07) is 8.63. The second kappa shape index (κ2) is 4.49. The van der Waals surface area contributed by atoms with E-state index < -0.39 is 0 Å². The van der Waals surface area contributed by atoms with Gasteiger partial charge in [-0.25, -0.2) is 4.98 Å². The highest BCUT2D eigenvalue weighted by Crippen LogP contribution is 2.12. The number of carbonyl (C=O) groups excluding carboxylic acids is 1. The van der Waals surface area contributed by atoms with Gasteiger partial charge in [-0.1, -0.05) is 6.07 Å². The van der Waals surface area contributed by atoms with E-state index in [-0.39, 0.29) is 11.7 Å². The summed E-state index contributed by atoms with van der Waals surface area (Å²) in [5.74, 6) is 0.187. The highest BCUT2D eigenvalue weighted by Gasteiger charge is 2.11. The van der Waals surface area contributed by atoms with Crippen LogP contribution >= 0.6 is 0 Å². The molecule has 1 heterocycles. The molecule has 84 valence electrons. The van der Waals surface area contributed by atoms with E-state index >= 15 is 0 Å². The Labute approximate surface area is 97.7 Å². The molecule has 5 nitrogen and oxygen atoms in total. The molecule has 2 aromatic rings. The van der Waals surface area contributed by atoms with Crippen molar-refractivity contribution in [3.05, 3.63) is 47.7 Å². The van der Waals surface area contributed by atoms with Crippen LogP contribution in [0.15, 0.2) is 34.9 Å². The molecule has 0 fully saturated rings. The number of amides is 1. The first kappa shape index (κ1) is 10.9. The van der Waals surface area contributed by atoms with E-state index in [2.05, 4.69) is 10.3 Å². The van der Waals surface area contributed by atoms with E-state index in [0.717, 1.165) is 0 Å². The van der Waals surface area contributed by atoms with Crippen molar-refractivity contribution in [3.63, 3.8) is 0 Å². The molecule has 0 aliphatic carbocycles. The highest BCUT2D eigenvalue weighted by atomic mass is 16.4. The Morgan fingerprint density at radius 1 is 1.53 bits per heavy atom. The van der Waals surface area contributed by atoms with Crippen LogP contribution in [0.3, 0.4) is 0 Å². The van der Waals surface area contributed by atoms with Crippen LogP contribution in [0.4, 0.5) is 5.69 Å². The monoisotopic (exact) mass is 227 g/mol. The maximum absolute atomic E-state index is 11.7. The maximum Gasteiger partial charge on any atom is 0.293 e. The lowest BCUT2D eigenvalue weighted by molar-refractivity contribution is 0.0995. The average molecular weight is 227 g/mol. The Morgan fingerprint density at radius 3 is 3.00 bits per heavy atom. The lowest BCUT2D eigenvalue weighted by atomic mass is 10.2. The normalized spacial score (nSPS) is 9.65. The van der Waals surface area contributed by atoms with Gasteiger partial charge in [0.15, 0.2) is 5.89 Å². The van der Waals surface area contributed by atoms with Crippen molar-refractivity contribution in [1.82, 2.24) is 4.98 Å². The fourth-order valence-corrected chi connectivity index (χ4v) is 1.33. The van der Waals surface area contributed by atoms with Crippen LogP contribution in [0, 0.1) is 18.3 Å². The number of benzene rings is 1. The largest absolute Gasteiger partial charge is 0.436 e. The molecule has 0 atom stereocenters. The van der Waals surface area contributed by atoms with Gasteiger partial charge in [-0.2, -0.15) is 5.26 Å². The molecular formula is C12H9N3O2. The summed E-state index contributed by atoms with van der Waals surface area (Å²) >= 11 is 0. The first-order valence-electron chi connectivity index (χ1n) is 4.93. The molecule has 0 spiro atoms. The number of rotatable bonds is 2. The molecule has 0 aliphatic heterocycles. The van der Waals surface area contributed by atoms with Crippen LogP contribution in [0.5, 0.6) is 0 Å². The second-order valence-corrected chi connectivity index (χ2v) is 3.39. The van der Waals surface area contributed by atoms with E-state index in [1.54, 1.807) is 31.2 Å². The fourth-order valence-electron chi connectivity index (χ4n) is 1.33. The molecule has 1 aromatic carbocycles. The van der Waals surface area contributed by atoms with Crippen molar-refractivity contribution >= 4 is 11.6 Å². The minimum absolute atomic E-state index is 0.143. The average Bonchev–Trinajstić information content (AvgIpc) is 2.76. The van der Waals surface area contributed by atoms with Crippen LogP contribution < -0.4 is 5.32 Å². The predicted octanol–water partition coefficient (Wildman–Crippen LogP) is 2.11. The van der Waals surface area contributed by atoms with E-state index in [1.165, 1.54) is 6.20 Å². The molecule has 17 heavy (non-hydrogen) atoms. The maximum atomic E-state index is 11.7. The van der Waals surface area contributed by atoms with Crippen LogP contribution in [0.25, 0.3) is 0 Å². The summed E-state index contributed by atoms with van der Waals surface area (Å²) in [5, 5.41) is 11.3. The van der Waals surface area contributed by atoms with Gasteiger partial charge in [0.05, 0.1) is 17.8 Å². The van der Waals surface area contributed by atoms with Gasteiger partial charge >= 0.3 is 0 Å². The minimum Gasteiger partial charge on any atom is -0.436 e. The molecule has 2 rings (SSSR count). The summed E-state index contributed by atoms with van der Waals surface area (Å²) < 4.78 is 5.09. The molecule has 0 unspecified atom stereocenters. The summed E-state index contributed by atoms with van der Waals surface area (Å²) in [7, 11) is 0. The number of carbonyl (C=O) groups is 1. The number of aromatic nitrogens is 1. The summed E-state index contributed by atoms with van der Waals surface area (Å²) in [4.78, 5) is 15.5. The number of anilines is 1.